The highest BCUT2D eigenvalue weighted by atomic mass is 16.5. The third-order valence-corrected chi connectivity index (χ3v) is 3.63. The minimum atomic E-state index is -0.406. The summed E-state index contributed by atoms with van der Waals surface area (Å²) in [7, 11) is 0. The highest BCUT2D eigenvalue weighted by molar-refractivity contribution is 5.89. The highest BCUT2D eigenvalue weighted by Gasteiger charge is 2.23. The molecule has 5 nitrogen and oxygen atoms in total. The summed E-state index contributed by atoms with van der Waals surface area (Å²) in [6, 6.07) is 7.33. The molecule has 3 N–H and O–H groups in total. The normalized spacial score (nSPS) is 13.7. The smallest absolute Gasteiger partial charge is 0.319 e. The van der Waals surface area contributed by atoms with Crippen LogP contribution in [0.15, 0.2) is 24.3 Å². The third kappa shape index (κ3) is 6.45. The molecule has 0 spiro atoms. The van der Waals surface area contributed by atoms with E-state index in [2.05, 4.69) is 10.6 Å². The number of carbonyl (C=O) groups excluding carboxylic acids is 1. The summed E-state index contributed by atoms with van der Waals surface area (Å²) in [6.07, 6.45) is 1.45. The number of hydrogen-bond acceptors (Lipinski definition) is 3. The first-order chi connectivity index (χ1) is 10.4. The monoisotopic (exact) mass is 308 g/mol. The summed E-state index contributed by atoms with van der Waals surface area (Å²) < 4.78 is 5.56. The fourth-order valence-corrected chi connectivity index (χ4v) is 2.01. The Balaban J connectivity index is 2.62. The minimum Gasteiger partial charge on any atom is -0.396 e. The van der Waals surface area contributed by atoms with Crippen molar-refractivity contribution in [3.63, 3.8) is 0 Å². The van der Waals surface area contributed by atoms with Gasteiger partial charge in [-0.15, -0.1) is 0 Å². The lowest BCUT2D eigenvalue weighted by molar-refractivity contribution is 0.0657. The van der Waals surface area contributed by atoms with E-state index in [1.807, 2.05) is 52.0 Å². The molecule has 0 aliphatic carbocycles. The van der Waals surface area contributed by atoms with E-state index in [1.54, 1.807) is 0 Å². The molecule has 5 heteroatoms. The van der Waals surface area contributed by atoms with Crippen molar-refractivity contribution in [3.05, 3.63) is 29.8 Å². The van der Waals surface area contributed by atoms with Crippen molar-refractivity contribution in [1.82, 2.24) is 5.32 Å². The number of ether oxygens (including phenoxy) is 1. The number of nitrogens with one attached hydrogen (secondary N) is 2. The maximum atomic E-state index is 12.1. The zero-order valence-corrected chi connectivity index (χ0v) is 14.0. The average molecular weight is 308 g/mol. The van der Waals surface area contributed by atoms with Crippen LogP contribution in [0.4, 0.5) is 10.5 Å². The second-order valence-corrected chi connectivity index (χ2v) is 6.03. The van der Waals surface area contributed by atoms with Gasteiger partial charge in [-0.3, -0.25) is 0 Å². The van der Waals surface area contributed by atoms with Gasteiger partial charge in [0, 0.05) is 17.8 Å². The molecule has 22 heavy (non-hydrogen) atoms. The molecule has 1 unspecified atom stereocenters. The fourth-order valence-electron chi connectivity index (χ4n) is 2.01. The Labute approximate surface area is 133 Å². The first kappa shape index (κ1) is 18.5. The van der Waals surface area contributed by atoms with Crippen molar-refractivity contribution >= 4 is 11.7 Å². The van der Waals surface area contributed by atoms with E-state index in [4.69, 9.17) is 9.84 Å². The second-order valence-electron chi connectivity index (χ2n) is 6.03. The molecule has 124 valence electrons. The average Bonchev–Trinajstić information content (AvgIpc) is 2.45. The first-order valence-electron chi connectivity index (χ1n) is 7.79. The summed E-state index contributed by atoms with van der Waals surface area (Å²) in [5, 5.41) is 14.8. The standard InChI is InChI=1S/C17H28N2O3/c1-5-17(4,9-10-20)19-16(21)18-15-8-6-7-14(11-15)12-22-13(2)3/h6-8,11,13,20H,5,9-10,12H2,1-4H3,(H2,18,19,21). The quantitative estimate of drug-likeness (QED) is 0.690. The van der Waals surface area contributed by atoms with Crippen molar-refractivity contribution < 1.29 is 14.6 Å². The van der Waals surface area contributed by atoms with Crippen molar-refractivity contribution in [2.24, 2.45) is 0 Å². The van der Waals surface area contributed by atoms with E-state index in [0.717, 1.165) is 17.7 Å². The molecule has 0 saturated carbocycles. The van der Waals surface area contributed by atoms with Gasteiger partial charge in [0.1, 0.15) is 0 Å². The lowest BCUT2D eigenvalue weighted by atomic mass is 9.95. The molecule has 2 amide bonds. The fraction of sp³-hybridized carbons (Fsp3) is 0.588. The number of rotatable bonds is 8. The van der Waals surface area contributed by atoms with Gasteiger partial charge in [0.25, 0.3) is 0 Å². The molecule has 0 aliphatic heterocycles. The number of anilines is 1. The van der Waals surface area contributed by atoms with Crippen LogP contribution in [-0.2, 0) is 11.3 Å². The molecule has 1 aromatic rings. The zero-order valence-electron chi connectivity index (χ0n) is 14.0. The van der Waals surface area contributed by atoms with E-state index in [1.165, 1.54) is 0 Å². The second kappa shape index (κ2) is 8.76. The van der Waals surface area contributed by atoms with Crippen LogP contribution in [0.5, 0.6) is 0 Å². The number of aliphatic hydroxyl groups is 1. The molecule has 0 aromatic heterocycles. The predicted molar refractivity (Wildman–Crippen MR) is 88.9 cm³/mol. The van der Waals surface area contributed by atoms with Crippen LogP contribution >= 0.6 is 0 Å². The lowest BCUT2D eigenvalue weighted by Gasteiger charge is -2.29. The minimum absolute atomic E-state index is 0.0483. The molecular weight excluding hydrogens is 280 g/mol. The lowest BCUT2D eigenvalue weighted by Crippen LogP contribution is -2.48. The van der Waals surface area contributed by atoms with Crippen LogP contribution in [0.25, 0.3) is 0 Å². The Hall–Kier alpha value is -1.59. The Morgan fingerprint density at radius 2 is 2.14 bits per heavy atom. The molecule has 0 aliphatic rings. The van der Waals surface area contributed by atoms with Crippen molar-refractivity contribution in [2.45, 2.75) is 58.8 Å². The van der Waals surface area contributed by atoms with E-state index in [-0.39, 0.29) is 18.7 Å². The maximum Gasteiger partial charge on any atom is 0.319 e. The van der Waals surface area contributed by atoms with Gasteiger partial charge in [-0.1, -0.05) is 19.1 Å². The summed E-state index contributed by atoms with van der Waals surface area (Å²) in [5.41, 5.74) is 1.34. The van der Waals surface area contributed by atoms with Gasteiger partial charge in [-0.25, -0.2) is 4.79 Å². The van der Waals surface area contributed by atoms with Gasteiger partial charge in [0.05, 0.1) is 12.7 Å². The number of urea groups is 1. The number of carbonyl (C=O) groups is 1. The molecule has 1 rings (SSSR count). The molecule has 0 bridgehead atoms. The molecule has 0 saturated heterocycles. The van der Waals surface area contributed by atoms with Crippen molar-refractivity contribution in [2.75, 3.05) is 11.9 Å². The number of hydrogen-bond donors (Lipinski definition) is 3. The molecule has 0 radical (unpaired) electrons. The Bertz CT molecular complexity index is 477. The Kier molecular flexibility index (Phi) is 7.35. The molecular formula is C17H28N2O3. The number of aliphatic hydroxyl groups excluding tert-OH is 1. The Morgan fingerprint density at radius 1 is 1.41 bits per heavy atom. The largest absolute Gasteiger partial charge is 0.396 e. The van der Waals surface area contributed by atoms with Crippen molar-refractivity contribution in [1.29, 1.82) is 0 Å². The summed E-state index contributed by atoms with van der Waals surface area (Å²) in [4.78, 5) is 12.1. The third-order valence-electron chi connectivity index (χ3n) is 3.63. The molecule has 1 aromatic carbocycles. The predicted octanol–water partition coefficient (Wildman–Crippen LogP) is 3.28. The van der Waals surface area contributed by atoms with Gasteiger partial charge in [0.2, 0.25) is 0 Å². The van der Waals surface area contributed by atoms with Crippen LogP contribution in [0.3, 0.4) is 0 Å². The molecule has 1 atom stereocenters. The van der Waals surface area contributed by atoms with Gasteiger partial charge in [-0.05, 0) is 51.3 Å². The van der Waals surface area contributed by atoms with E-state index in [9.17, 15) is 4.79 Å². The Morgan fingerprint density at radius 3 is 2.73 bits per heavy atom. The molecule has 0 fully saturated rings. The van der Waals surface area contributed by atoms with Gasteiger partial charge < -0.3 is 20.5 Å². The van der Waals surface area contributed by atoms with Gasteiger partial charge >= 0.3 is 6.03 Å². The first-order valence-corrected chi connectivity index (χ1v) is 7.79. The van der Waals surface area contributed by atoms with Crippen molar-refractivity contribution in [3.8, 4) is 0 Å². The maximum absolute atomic E-state index is 12.1. The number of amides is 2. The van der Waals surface area contributed by atoms with Gasteiger partial charge in [0.15, 0.2) is 0 Å². The van der Waals surface area contributed by atoms with E-state index >= 15 is 0 Å². The van der Waals surface area contributed by atoms with Crippen LogP contribution in [-0.4, -0.2) is 29.4 Å². The summed E-state index contributed by atoms with van der Waals surface area (Å²) in [5.74, 6) is 0. The van der Waals surface area contributed by atoms with E-state index in [0.29, 0.717) is 13.0 Å². The van der Waals surface area contributed by atoms with Crippen LogP contribution in [0.2, 0.25) is 0 Å². The van der Waals surface area contributed by atoms with Crippen LogP contribution < -0.4 is 10.6 Å². The van der Waals surface area contributed by atoms with Crippen LogP contribution in [0, 0.1) is 0 Å². The molecule has 0 heterocycles. The van der Waals surface area contributed by atoms with E-state index < -0.39 is 5.54 Å². The van der Waals surface area contributed by atoms with Crippen LogP contribution in [0.1, 0.15) is 46.1 Å². The topological polar surface area (TPSA) is 70.6 Å². The highest BCUT2D eigenvalue weighted by Crippen LogP contribution is 2.16. The summed E-state index contributed by atoms with van der Waals surface area (Å²) in [6.45, 7) is 8.46. The zero-order chi connectivity index (χ0) is 16.6. The number of benzene rings is 1. The SMILES string of the molecule is CCC(C)(CCO)NC(=O)Nc1cccc(COC(C)C)c1. The van der Waals surface area contributed by atoms with Gasteiger partial charge in [-0.2, -0.15) is 0 Å². The summed E-state index contributed by atoms with van der Waals surface area (Å²) >= 11 is 0.